The fraction of sp³-hybridized carbons (Fsp3) is 1.00. The standard InChI is InChI=1S/C38H66O21/c1-39-5-9-43-13-19-48-25-31-26(49-20-14-44-10-6-40-2)34-29(33(25)56-37(54-31)57-34)52-23-17-47-18-24-53-30-35-27(50-21-15-45-11-7-41-3)32-28(36(30)59-38(55-32)58-35)51-22-16-46-12-8-42-4/h25-38H,5-24H2,1-4H3/t25?,26?,27?,28?,29?,30?,31?,32?,33-,34?,35+,36?,37?,38?. The highest BCUT2D eigenvalue weighted by molar-refractivity contribution is 5.09. The summed E-state index contributed by atoms with van der Waals surface area (Å²) < 4.78 is 123. The Kier molecular flexibility index (Phi) is 21.6. The van der Waals surface area contributed by atoms with Gasteiger partial charge in [-0.1, -0.05) is 0 Å². The van der Waals surface area contributed by atoms with Crippen molar-refractivity contribution >= 4 is 0 Å². The van der Waals surface area contributed by atoms with E-state index in [1.54, 1.807) is 28.4 Å². The van der Waals surface area contributed by atoms with Crippen molar-refractivity contribution in [1.29, 1.82) is 0 Å². The average molecular weight is 859 g/mol. The fourth-order valence-corrected chi connectivity index (χ4v) is 7.81. The Balaban J connectivity index is 0.971. The lowest BCUT2D eigenvalue weighted by Crippen LogP contribution is -2.76. The number of ether oxygens (including phenoxy) is 21. The smallest absolute Gasteiger partial charge is 0.272 e. The molecule has 21 heteroatoms. The van der Waals surface area contributed by atoms with Crippen molar-refractivity contribution in [1.82, 2.24) is 0 Å². The van der Waals surface area contributed by atoms with Gasteiger partial charge in [-0.15, -0.1) is 0 Å². The molecule has 12 unspecified atom stereocenters. The molecule has 59 heavy (non-hydrogen) atoms. The Morgan fingerprint density at radius 3 is 0.576 bits per heavy atom. The van der Waals surface area contributed by atoms with Crippen molar-refractivity contribution in [2.45, 2.75) is 86.2 Å². The summed E-state index contributed by atoms with van der Waals surface area (Å²) >= 11 is 0. The van der Waals surface area contributed by atoms with Crippen molar-refractivity contribution in [3.63, 3.8) is 0 Å². The quantitative estimate of drug-likeness (QED) is 0.0691. The lowest BCUT2D eigenvalue weighted by Gasteiger charge is -2.58. The van der Waals surface area contributed by atoms with E-state index in [-0.39, 0.29) is 26.4 Å². The molecule has 0 amide bonds. The van der Waals surface area contributed by atoms with Crippen LogP contribution < -0.4 is 0 Å². The first kappa shape index (κ1) is 47.6. The van der Waals surface area contributed by atoms with Gasteiger partial charge in [-0.2, -0.15) is 0 Å². The first-order valence-corrected chi connectivity index (χ1v) is 20.6. The molecule has 0 radical (unpaired) electrons. The number of rotatable bonds is 36. The van der Waals surface area contributed by atoms with E-state index in [2.05, 4.69) is 0 Å². The largest absolute Gasteiger partial charge is 0.382 e. The second-order valence-corrected chi connectivity index (χ2v) is 14.2. The van der Waals surface area contributed by atoms with Crippen molar-refractivity contribution in [2.75, 3.05) is 161 Å². The Labute approximate surface area is 346 Å². The highest BCUT2D eigenvalue weighted by Crippen LogP contribution is 2.45. The van der Waals surface area contributed by atoms with Gasteiger partial charge in [0, 0.05) is 28.4 Å². The van der Waals surface area contributed by atoms with Gasteiger partial charge in [0.25, 0.3) is 13.0 Å². The minimum atomic E-state index is -0.831. The van der Waals surface area contributed by atoms with E-state index < -0.39 is 86.2 Å². The molecule has 2 aliphatic carbocycles. The summed E-state index contributed by atoms with van der Waals surface area (Å²) in [6, 6.07) is 0. The highest BCUT2D eigenvalue weighted by Gasteiger charge is 2.65. The van der Waals surface area contributed by atoms with Crippen LogP contribution in [-0.4, -0.2) is 247 Å². The first-order chi connectivity index (χ1) is 29.2. The van der Waals surface area contributed by atoms with Gasteiger partial charge >= 0.3 is 0 Å². The summed E-state index contributed by atoms with van der Waals surface area (Å²) in [6.45, 7) is 6.12. The molecule has 0 aromatic heterocycles. The van der Waals surface area contributed by atoms with Crippen molar-refractivity contribution in [3.8, 4) is 0 Å². The molecular formula is C38H66O21. The van der Waals surface area contributed by atoms with Crippen molar-refractivity contribution in [2.24, 2.45) is 0 Å². The van der Waals surface area contributed by atoms with E-state index in [1.165, 1.54) is 0 Å². The van der Waals surface area contributed by atoms with Gasteiger partial charge in [0.1, 0.15) is 73.2 Å². The molecule has 14 atom stereocenters. The molecule has 8 rings (SSSR count). The van der Waals surface area contributed by atoms with Crippen LogP contribution in [0, 0.1) is 0 Å². The lowest BCUT2D eigenvalue weighted by molar-refractivity contribution is -0.488. The van der Waals surface area contributed by atoms with E-state index in [4.69, 9.17) is 99.5 Å². The summed E-state index contributed by atoms with van der Waals surface area (Å²) in [5, 5.41) is 0. The summed E-state index contributed by atoms with van der Waals surface area (Å²) in [5.74, 6) is 0. The molecule has 0 spiro atoms. The zero-order valence-electron chi connectivity index (χ0n) is 34.8. The Hall–Kier alpha value is -0.840. The van der Waals surface area contributed by atoms with Gasteiger partial charge in [0.05, 0.1) is 132 Å². The van der Waals surface area contributed by atoms with Gasteiger partial charge in [-0.05, 0) is 0 Å². The zero-order valence-corrected chi connectivity index (χ0v) is 34.8. The molecule has 0 N–H and O–H groups in total. The van der Waals surface area contributed by atoms with Crippen LogP contribution in [0.5, 0.6) is 0 Å². The molecular weight excluding hydrogens is 792 g/mol. The minimum Gasteiger partial charge on any atom is -0.382 e. The number of hydrogen-bond donors (Lipinski definition) is 0. The predicted molar refractivity (Wildman–Crippen MR) is 197 cm³/mol. The Bertz CT molecular complexity index is 964. The van der Waals surface area contributed by atoms with Crippen LogP contribution in [0.15, 0.2) is 0 Å². The number of methoxy groups -OCH3 is 4. The molecule has 6 saturated heterocycles. The van der Waals surface area contributed by atoms with E-state index in [1.807, 2.05) is 0 Å². The van der Waals surface area contributed by atoms with Crippen LogP contribution in [-0.2, 0) is 99.5 Å². The van der Waals surface area contributed by atoms with Gasteiger partial charge in [0.15, 0.2) is 0 Å². The van der Waals surface area contributed by atoms with E-state index >= 15 is 0 Å². The molecule has 21 nitrogen and oxygen atoms in total. The molecule has 8 fully saturated rings. The lowest BCUT2D eigenvalue weighted by atomic mass is 9.82. The summed E-state index contributed by atoms with van der Waals surface area (Å²) in [6.07, 6.45) is -5.53. The molecule has 6 aliphatic heterocycles. The van der Waals surface area contributed by atoms with E-state index in [9.17, 15) is 0 Å². The van der Waals surface area contributed by atoms with Gasteiger partial charge in [-0.25, -0.2) is 0 Å². The van der Waals surface area contributed by atoms with Gasteiger partial charge in [0.2, 0.25) is 0 Å². The van der Waals surface area contributed by atoms with Crippen LogP contribution in [0.1, 0.15) is 0 Å². The Morgan fingerprint density at radius 1 is 0.237 bits per heavy atom. The van der Waals surface area contributed by atoms with Crippen LogP contribution in [0.3, 0.4) is 0 Å². The molecule has 0 aromatic carbocycles. The maximum absolute atomic E-state index is 6.39. The second kappa shape index (κ2) is 26.7. The first-order valence-electron chi connectivity index (χ1n) is 20.6. The third kappa shape index (κ3) is 13.6. The SMILES string of the molecule is COCCOCCOC1C2OC3OC1C(OCCOCCOC1C4OC5OC(C4OCCOCCOC)C(OCCOCCOC)[C@@H]1O5)[C@H](O3)C2OCCOCCOC. The highest BCUT2D eigenvalue weighted by atomic mass is 16.9. The van der Waals surface area contributed by atoms with Gasteiger partial charge < -0.3 is 99.5 Å². The maximum atomic E-state index is 6.39. The molecule has 8 aliphatic rings. The third-order valence-electron chi connectivity index (χ3n) is 10.5. The zero-order chi connectivity index (χ0) is 41.1. The Morgan fingerprint density at radius 2 is 0.407 bits per heavy atom. The maximum Gasteiger partial charge on any atom is 0.272 e. The summed E-state index contributed by atoms with van der Waals surface area (Å²) in [4.78, 5) is 0. The topological polar surface area (TPSA) is 194 Å². The molecule has 6 heterocycles. The summed E-state index contributed by atoms with van der Waals surface area (Å²) in [7, 11) is 6.51. The van der Waals surface area contributed by atoms with Crippen molar-refractivity contribution in [3.05, 3.63) is 0 Å². The van der Waals surface area contributed by atoms with Crippen LogP contribution in [0.25, 0.3) is 0 Å². The van der Waals surface area contributed by atoms with Crippen LogP contribution >= 0.6 is 0 Å². The molecule has 2 saturated carbocycles. The molecule has 0 aromatic rings. The van der Waals surface area contributed by atoms with Crippen molar-refractivity contribution < 1.29 is 99.5 Å². The second-order valence-electron chi connectivity index (χ2n) is 14.2. The van der Waals surface area contributed by atoms with Gasteiger partial charge in [-0.3, -0.25) is 0 Å². The monoisotopic (exact) mass is 858 g/mol. The predicted octanol–water partition coefficient (Wildman–Crippen LogP) is -1.07. The minimum absolute atomic E-state index is 0.257. The van der Waals surface area contributed by atoms with Crippen LogP contribution in [0.2, 0.25) is 0 Å². The number of hydrogen-bond acceptors (Lipinski definition) is 21. The summed E-state index contributed by atoms with van der Waals surface area (Å²) in [5.41, 5.74) is 0. The van der Waals surface area contributed by atoms with E-state index in [0.29, 0.717) is 106 Å². The normalized spacial score (nSPS) is 35.4. The average Bonchev–Trinajstić information content (AvgIpc) is 3.24. The molecule has 344 valence electrons. The van der Waals surface area contributed by atoms with E-state index in [0.717, 1.165) is 0 Å². The van der Waals surface area contributed by atoms with Crippen LogP contribution in [0.4, 0.5) is 0 Å². The third-order valence-corrected chi connectivity index (χ3v) is 10.5. The fourth-order valence-electron chi connectivity index (χ4n) is 7.81. The molecule has 8 bridgehead atoms.